The van der Waals surface area contributed by atoms with Crippen molar-refractivity contribution in [3.63, 3.8) is 0 Å². The number of rotatable bonds is 1. The fourth-order valence-electron chi connectivity index (χ4n) is 1.74. The van der Waals surface area contributed by atoms with E-state index in [0.717, 1.165) is 16.9 Å². The number of nitrogens with zero attached hydrogens (tertiary/aromatic N) is 2. The summed E-state index contributed by atoms with van der Waals surface area (Å²) in [6, 6.07) is 6.24. The standard InChI is InChI=1S/C11H15N3/c1-7-4-5-10-9(6-7)13-11(8(2)12)14(10)3/h4-6,8H,12H2,1-3H3/t8-/m0/s1. The summed E-state index contributed by atoms with van der Waals surface area (Å²) < 4.78 is 2.06. The highest BCUT2D eigenvalue weighted by atomic mass is 15.1. The van der Waals surface area contributed by atoms with Gasteiger partial charge in [0.2, 0.25) is 0 Å². The first-order valence-corrected chi connectivity index (χ1v) is 4.78. The van der Waals surface area contributed by atoms with Gasteiger partial charge in [0.25, 0.3) is 0 Å². The Morgan fingerprint density at radius 1 is 1.43 bits per heavy atom. The highest BCUT2D eigenvalue weighted by Gasteiger charge is 2.10. The van der Waals surface area contributed by atoms with Crippen LogP contribution in [0.4, 0.5) is 0 Å². The summed E-state index contributed by atoms with van der Waals surface area (Å²) in [4.78, 5) is 4.51. The van der Waals surface area contributed by atoms with Gasteiger partial charge in [-0.1, -0.05) is 6.07 Å². The zero-order chi connectivity index (χ0) is 10.3. The summed E-state index contributed by atoms with van der Waals surface area (Å²) in [5.41, 5.74) is 9.23. The van der Waals surface area contributed by atoms with E-state index in [9.17, 15) is 0 Å². The van der Waals surface area contributed by atoms with E-state index in [-0.39, 0.29) is 6.04 Å². The number of benzene rings is 1. The van der Waals surface area contributed by atoms with Crippen LogP contribution in [0.5, 0.6) is 0 Å². The van der Waals surface area contributed by atoms with Crippen LogP contribution in [0.1, 0.15) is 24.4 Å². The maximum Gasteiger partial charge on any atom is 0.126 e. The van der Waals surface area contributed by atoms with Crippen molar-refractivity contribution in [1.29, 1.82) is 0 Å². The van der Waals surface area contributed by atoms with Gasteiger partial charge in [-0.3, -0.25) is 0 Å². The van der Waals surface area contributed by atoms with Crippen LogP contribution in [0.15, 0.2) is 18.2 Å². The van der Waals surface area contributed by atoms with Gasteiger partial charge in [-0.25, -0.2) is 4.98 Å². The second-order valence-corrected chi connectivity index (χ2v) is 3.81. The Hall–Kier alpha value is -1.35. The number of hydrogen-bond donors (Lipinski definition) is 1. The van der Waals surface area contributed by atoms with Gasteiger partial charge < -0.3 is 10.3 Å². The second-order valence-electron chi connectivity index (χ2n) is 3.81. The van der Waals surface area contributed by atoms with Gasteiger partial charge in [-0.15, -0.1) is 0 Å². The fourth-order valence-corrected chi connectivity index (χ4v) is 1.74. The SMILES string of the molecule is Cc1ccc2c(c1)nc([C@H](C)N)n2C. The smallest absolute Gasteiger partial charge is 0.126 e. The van der Waals surface area contributed by atoms with E-state index in [1.54, 1.807) is 0 Å². The minimum Gasteiger partial charge on any atom is -0.330 e. The van der Waals surface area contributed by atoms with E-state index in [0.29, 0.717) is 0 Å². The van der Waals surface area contributed by atoms with Crippen LogP contribution in [-0.2, 0) is 7.05 Å². The van der Waals surface area contributed by atoms with Crippen LogP contribution < -0.4 is 5.73 Å². The zero-order valence-corrected chi connectivity index (χ0v) is 8.78. The van der Waals surface area contributed by atoms with Gasteiger partial charge in [-0.2, -0.15) is 0 Å². The van der Waals surface area contributed by atoms with Gasteiger partial charge in [0.15, 0.2) is 0 Å². The summed E-state index contributed by atoms with van der Waals surface area (Å²) in [6.07, 6.45) is 0. The molecule has 0 aliphatic carbocycles. The first-order chi connectivity index (χ1) is 6.59. The lowest BCUT2D eigenvalue weighted by Gasteiger charge is -2.04. The van der Waals surface area contributed by atoms with Crippen molar-refractivity contribution in [2.24, 2.45) is 12.8 Å². The Balaban J connectivity index is 2.73. The summed E-state index contributed by atoms with van der Waals surface area (Å²) in [6.45, 7) is 4.02. The number of fused-ring (bicyclic) bond motifs is 1. The number of aryl methyl sites for hydroxylation is 2. The molecule has 1 aromatic carbocycles. The van der Waals surface area contributed by atoms with Crippen LogP contribution in [0.25, 0.3) is 11.0 Å². The highest BCUT2D eigenvalue weighted by Crippen LogP contribution is 2.19. The lowest BCUT2D eigenvalue weighted by molar-refractivity contribution is 0.696. The number of nitrogens with two attached hydrogens (primary N) is 1. The number of hydrogen-bond acceptors (Lipinski definition) is 2. The van der Waals surface area contributed by atoms with Gasteiger partial charge >= 0.3 is 0 Å². The molecule has 74 valence electrons. The molecule has 0 saturated heterocycles. The van der Waals surface area contributed by atoms with Crippen LogP contribution >= 0.6 is 0 Å². The molecule has 0 aliphatic heterocycles. The molecule has 0 unspecified atom stereocenters. The van der Waals surface area contributed by atoms with Crippen molar-refractivity contribution in [2.75, 3.05) is 0 Å². The van der Waals surface area contributed by atoms with Gasteiger partial charge in [0.05, 0.1) is 17.1 Å². The van der Waals surface area contributed by atoms with Crippen LogP contribution in [0.2, 0.25) is 0 Å². The predicted octanol–water partition coefficient (Wildman–Crippen LogP) is 1.90. The minimum atomic E-state index is -0.0206. The summed E-state index contributed by atoms with van der Waals surface area (Å²) in [5.74, 6) is 0.936. The molecular weight excluding hydrogens is 174 g/mol. The molecule has 2 aromatic rings. The van der Waals surface area contributed by atoms with E-state index in [1.165, 1.54) is 5.56 Å². The predicted molar refractivity (Wildman–Crippen MR) is 58.1 cm³/mol. The van der Waals surface area contributed by atoms with Crippen molar-refractivity contribution in [3.8, 4) is 0 Å². The Morgan fingerprint density at radius 2 is 2.14 bits per heavy atom. The van der Waals surface area contributed by atoms with E-state index < -0.39 is 0 Å². The minimum absolute atomic E-state index is 0.0206. The molecule has 0 radical (unpaired) electrons. The summed E-state index contributed by atoms with van der Waals surface area (Å²) in [5, 5.41) is 0. The van der Waals surface area contributed by atoms with E-state index in [2.05, 4.69) is 34.7 Å². The first kappa shape index (κ1) is 9.21. The van der Waals surface area contributed by atoms with Crippen LogP contribution in [0, 0.1) is 6.92 Å². The molecule has 0 aliphatic rings. The summed E-state index contributed by atoms with van der Waals surface area (Å²) in [7, 11) is 2.00. The van der Waals surface area contributed by atoms with Gasteiger partial charge in [0.1, 0.15) is 5.82 Å². The lowest BCUT2D eigenvalue weighted by Crippen LogP contribution is -2.11. The molecule has 2 N–H and O–H groups in total. The number of imidazole rings is 1. The Morgan fingerprint density at radius 3 is 2.79 bits per heavy atom. The van der Waals surface area contributed by atoms with Crippen molar-refractivity contribution in [2.45, 2.75) is 19.9 Å². The molecule has 2 rings (SSSR count). The fraction of sp³-hybridized carbons (Fsp3) is 0.364. The Kier molecular flexibility index (Phi) is 2.04. The molecule has 0 fully saturated rings. The molecule has 14 heavy (non-hydrogen) atoms. The zero-order valence-electron chi connectivity index (χ0n) is 8.78. The highest BCUT2D eigenvalue weighted by molar-refractivity contribution is 5.76. The van der Waals surface area contributed by atoms with E-state index in [4.69, 9.17) is 5.73 Å². The van der Waals surface area contributed by atoms with Crippen LogP contribution in [0.3, 0.4) is 0 Å². The third-order valence-electron chi connectivity index (χ3n) is 2.48. The largest absolute Gasteiger partial charge is 0.330 e. The molecule has 3 nitrogen and oxygen atoms in total. The molecule has 0 amide bonds. The Bertz CT molecular complexity index is 469. The first-order valence-electron chi connectivity index (χ1n) is 4.78. The van der Waals surface area contributed by atoms with Gasteiger partial charge in [-0.05, 0) is 31.5 Å². The summed E-state index contributed by atoms with van der Waals surface area (Å²) >= 11 is 0. The lowest BCUT2D eigenvalue weighted by atomic mass is 10.2. The van der Waals surface area contributed by atoms with Crippen LogP contribution in [-0.4, -0.2) is 9.55 Å². The molecule has 3 heteroatoms. The molecular formula is C11H15N3. The Labute approximate surface area is 83.6 Å². The average Bonchev–Trinajstić information content (AvgIpc) is 2.43. The van der Waals surface area contributed by atoms with E-state index in [1.807, 2.05) is 14.0 Å². The van der Waals surface area contributed by atoms with Crippen molar-refractivity contribution in [1.82, 2.24) is 9.55 Å². The van der Waals surface area contributed by atoms with Crippen molar-refractivity contribution < 1.29 is 0 Å². The molecule has 0 saturated carbocycles. The normalized spacial score (nSPS) is 13.4. The number of aromatic nitrogens is 2. The topological polar surface area (TPSA) is 43.8 Å². The molecule has 1 aromatic heterocycles. The maximum absolute atomic E-state index is 5.83. The molecule has 0 spiro atoms. The average molecular weight is 189 g/mol. The maximum atomic E-state index is 5.83. The van der Waals surface area contributed by atoms with Gasteiger partial charge in [0, 0.05) is 7.05 Å². The third-order valence-corrected chi connectivity index (χ3v) is 2.48. The van der Waals surface area contributed by atoms with Crippen molar-refractivity contribution in [3.05, 3.63) is 29.6 Å². The second kappa shape index (κ2) is 3.10. The molecule has 0 bridgehead atoms. The monoisotopic (exact) mass is 189 g/mol. The van der Waals surface area contributed by atoms with E-state index >= 15 is 0 Å². The third kappa shape index (κ3) is 1.30. The molecule has 1 heterocycles. The van der Waals surface area contributed by atoms with Crippen molar-refractivity contribution >= 4 is 11.0 Å². The molecule has 1 atom stereocenters. The quantitative estimate of drug-likeness (QED) is 0.744.